The third-order valence-corrected chi connectivity index (χ3v) is 12.3. The first-order chi connectivity index (χ1) is 45.1. The number of nitrogens with zero attached hydrogens (tertiary/aromatic N) is 2. The van der Waals surface area contributed by atoms with Crippen molar-refractivity contribution in [3.63, 3.8) is 0 Å². The van der Waals surface area contributed by atoms with E-state index in [1.165, 1.54) is 36.4 Å². The Kier molecular flexibility index (Phi) is 28.7. The molecule has 9 N–H and O–H groups in total. The molecule has 30 heteroatoms. The van der Waals surface area contributed by atoms with Gasteiger partial charge in [-0.1, -0.05) is 91.0 Å². The van der Waals surface area contributed by atoms with Crippen LogP contribution >= 0.6 is 0 Å². The van der Waals surface area contributed by atoms with Gasteiger partial charge in [-0.15, -0.1) is 10.2 Å². The number of hydrazine groups is 2. The van der Waals surface area contributed by atoms with Crippen LogP contribution in [0.15, 0.2) is 150 Å². The van der Waals surface area contributed by atoms with Crippen LogP contribution < -0.4 is 38.1 Å². The van der Waals surface area contributed by atoms with Crippen molar-refractivity contribution in [2.45, 2.75) is 130 Å². The quantitative estimate of drug-likeness (QED) is 0.0147. The van der Waals surface area contributed by atoms with Crippen molar-refractivity contribution >= 4 is 42.0 Å². The topological polar surface area (TPSA) is 305 Å². The Hall–Kier alpha value is -10.5. The van der Waals surface area contributed by atoms with Gasteiger partial charge in [-0.25, -0.2) is 20.2 Å². The van der Waals surface area contributed by atoms with Crippen LogP contribution in [0.4, 0.5) is 53.9 Å². The second-order valence-corrected chi connectivity index (χ2v) is 23.8. The molecule has 0 spiro atoms. The maximum Gasteiger partial charge on any atom is 0.416 e. The molecule has 0 aliphatic carbocycles. The van der Waals surface area contributed by atoms with Gasteiger partial charge >= 0.3 is 42.8 Å². The Morgan fingerprint density at radius 1 is 0.464 bits per heavy atom. The van der Waals surface area contributed by atoms with Crippen molar-refractivity contribution in [3.8, 4) is 11.5 Å². The van der Waals surface area contributed by atoms with E-state index in [-0.39, 0.29) is 43.3 Å². The molecule has 6 amide bonds. The van der Waals surface area contributed by atoms with Crippen molar-refractivity contribution in [1.29, 1.82) is 0 Å². The smallest absolute Gasteiger partial charge is 0.416 e. The lowest BCUT2D eigenvalue weighted by Gasteiger charge is -2.19. The highest BCUT2D eigenvalue weighted by molar-refractivity contribution is 5.97. The largest absolute Gasteiger partial charge is 0.480 e. The SMILES string of the molecule is CC(C)(C)OC(=O)NCC(=O)O.CC(C)(C)OC(=O)NCCC(=O)NNC(=O)c1ccccc1Cc1ccc(C(F)(F)F)cc1.CC(C)(C)OC(=O)NCc1nnc(-c2ccccc2Cc2ccc(C(F)(F)F)cc2)o1.NNC(=O)c1ccccc1Cc1ccc(C(F)(F)F)cc1. The number of halogens is 9. The Bertz CT molecular complexity index is 3750. The molecule has 1 aromatic heterocycles. The Balaban J connectivity index is 0.000000290. The number of aromatic nitrogens is 2. The molecule has 7 rings (SSSR count). The number of nitrogens with two attached hydrogens (primary N) is 1. The van der Waals surface area contributed by atoms with Gasteiger partial charge in [0.25, 0.3) is 11.8 Å². The Morgan fingerprint density at radius 2 is 0.835 bits per heavy atom. The molecule has 0 aliphatic rings. The van der Waals surface area contributed by atoms with Gasteiger partial charge in [0.2, 0.25) is 17.7 Å². The highest BCUT2D eigenvalue weighted by atomic mass is 19.4. The predicted octanol–water partition coefficient (Wildman–Crippen LogP) is 12.8. The van der Waals surface area contributed by atoms with Gasteiger partial charge in [-0.05, 0) is 170 Å². The van der Waals surface area contributed by atoms with Crippen molar-refractivity contribution in [3.05, 3.63) is 213 Å². The zero-order chi connectivity index (χ0) is 72.5. The van der Waals surface area contributed by atoms with Crippen molar-refractivity contribution < 1.29 is 96.8 Å². The lowest BCUT2D eigenvalue weighted by atomic mass is 9.98. The summed E-state index contributed by atoms with van der Waals surface area (Å²) >= 11 is 0. The van der Waals surface area contributed by atoms with Gasteiger partial charge < -0.3 is 39.7 Å². The zero-order valence-corrected chi connectivity index (χ0v) is 54.1. The molecule has 0 unspecified atom stereocenters. The maximum absolute atomic E-state index is 12.8. The zero-order valence-electron chi connectivity index (χ0n) is 54.1. The summed E-state index contributed by atoms with van der Waals surface area (Å²) < 4.78 is 135. The number of hydrogen-bond acceptors (Lipinski definition) is 14. The number of nitrogen functional groups attached to an aromatic ring is 1. The normalized spacial score (nSPS) is 11.5. The summed E-state index contributed by atoms with van der Waals surface area (Å²) in [5, 5.41) is 23.2. The number of alkyl halides is 9. The van der Waals surface area contributed by atoms with E-state index in [2.05, 4.69) is 37.0 Å². The highest BCUT2D eigenvalue weighted by Gasteiger charge is 2.32. The van der Waals surface area contributed by atoms with E-state index in [0.29, 0.717) is 51.8 Å². The van der Waals surface area contributed by atoms with Crippen LogP contribution in [0.25, 0.3) is 11.5 Å². The molecule has 21 nitrogen and oxygen atoms in total. The lowest BCUT2D eigenvalue weighted by molar-refractivity contribution is -0.138. The van der Waals surface area contributed by atoms with Gasteiger partial charge in [0, 0.05) is 29.7 Å². The van der Waals surface area contributed by atoms with E-state index in [4.69, 9.17) is 29.6 Å². The van der Waals surface area contributed by atoms with Crippen LogP contribution in [-0.2, 0) is 68.1 Å². The summed E-state index contributed by atoms with van der Waals surface area (Å²) in [5.74, 6) is 2.93. The third-order valence-electron chi connectivity index (χ3n) is 12.3. The summed E-state index contributed by atoms with van der Waals surface area (Å²) in [6.45, 7) is 15.1. The van der Waals surface area contributed by atoms with Gasteiger partial charge in [0.05, 0.1) is 23.2 Å². The number of ether oxygens (including phenoxy) is 3. The average molecular weight is 1370 g/mol. The average Bonchev–Trinajstić information content (AvgIpc) is 1.82. The fraction of sp³-hybridized carbons (Fsp3) is 0.328. The maximum atomic E-state index is 12.8. The van der Waals surface area contributed by atoms with E-state index in [0.717, 1.165) is 42.0 Å². The molecule has 6 aromatic carbocycles. The van der Waals surface area contributed by atoms with Crippen LogP contribution in [0.5, 0.6) is 0 Å². The number of aliphatic carboxylic acids is 1. The van der Waals surface area contributed by atoms with Crippen LogP contribution in [0, 0.1) is 0 Å². The standard InChI is InChI=1S/C23H26F3N3O4.C22H22F3N3O3.C15H13F3N2O.C7H13NO4/c1-22(2,3)33-21(32)27-13-12-19(30)28-29-20(31)18-7-5-4-6-16(18)14-15-8-10-17(11-9-15)23(24,25)26;1-21(2,3)31-20(29)26-13-18-27-28-19(30-18)17-7-5-4-6-15(17)12-14-8-10-16(11-9-14)22(23,24)25;16-15(17,18)12-7-5-10(6-8-12)9-11-3-1-2-4-13(11)14(21)20-19;1-7(2,3)12-6(11)8-4-5(9)10/h4-11H,12-14H2,1-3H3,(H,27,32)(H,28,30)(H,29,31);4-11H,12-13H2,1-3H3,(H,26,29);1-8H,9,19H2,(H,20,21);4H2,1-3H3,(H,8,11)(H,9,10). The monoisotopic (exact) mass is 1370 g/mol. The molecule has 0 fully saturated rings. The van der Waals surface area contributed by atoms with Crippen molar-refractivity contribution in [1.82, 2.24) is 42.4 Å². The number of amides is 6. The number of nitrogens with one attached hydrogen (secondary N) is 6. The molecule has 97 heavy (non-hydrogen) atoms. The minimum absolute atomic E-state index is 0.00296. The number of alkyl carbamates (subject to hydrolysis) is 3. The highest BCUT2D eigenvalue weighted by Crippen LogP contribution is 2.33. The van der Waals surface area contributed by atoms with Crippen LogP contribution in [0.3, 0.4) is 0 Å². The molecular formula is C67H74F9N9O12. The first-order valence-corrected chi connectivity index (χ1v) is 29.4. The third kappa shape index (κ3) is 29.8. The van der Waals surface area contributed by atoms with Gasteiger partial charge in [-0.3, -0.25) is 35.5 Å². The molecule has 0 radical (unpaired) electrons. The second-order valence-electron chi connectivity index (χ2n) is 23.8. The first-order valence-electron chi connectivity index (χ1n) is 29.4. The molecule has 522 valence electrons. The van der Waals surface area contributed by atoms with E-state index in [1.54, 1.807) is 123 Å². The number of carbonyl (C=O) groups is 7. The molecular weight excluding hydrogens is 1290 g/mol. The van der Waals surface area contributed by atoms with Gasteiger partial charge in [0.1, 0.15) is 23.3 Å². The summed E-state index contributed by atoms with van der Waals surface area (Å²) in [5.41, 5.74) is 8.02. The van der Waals surface area contributed by atoms with E-state index in [9.17, 15) is 73.1 Å². The molecule has 0 atom stereocenters. The molecule has 0 aliphatic heterocycles. The summed E-state index contributed by atoms with van der Waals surface area (Å²) in [6, 6.07) is 35.2. The van der Waals surface area contributed by atoms with E-state index in [1.807, 2.05) is 17.6 Å². The van der Waals surface area contributed by atoms with E-state index >= 15 is 0 Å². The van der Waals surface area contributed by atoms with Gasteiger partial charge in [-0.2, -0.15) is 39.5 Å². The number of carbonyl (C=O) groups excluding carboxylic acids is 6. The number of hydrogen-bond donors (Lipinski definition) is 8. The fourth-order valence-electron chi connectivity index (χ4n) is 8.05. The number of benzene rings is 6. The molecule has 1 heterocycles. The van der Waals surface area contributed by atoms with Gasteiger partial charge in [0.15, 0.2) is 0 Å². The summed E-state index contributed by atoms with van der Waals surface area (Å²) in [4.78, 5) is 80.1. The lowest BCUT2D eigenvalue weighted by Crippen LogP contribution is -2.43. The van der Waals surface area contributed by atoms with Crippen molar-refractivity contribution in [2.75, 3.05) is 13.1 Å². The molecule has 0 saturated heterocycles. The number of rotatable bonds is 16. The fourth-order valence-corrected chi connectivity index (χ4v) is 8.05. The molecule has 0 saturated carbocycles. The first kappa shape index (κ1) is 78.9. The second kappa shape index (κ2) is 35.3. The predicted molar refractivity (Wildman–Crippen MR) is 336 cm³/mol. The van der Waals surface area contributed by atoms with Crippen molar-refractivity contribution in [2.24, 2.45) is 5.84 Å². The van der Waals surface area contributed by atoms with Crippen LogP contribution in [0.2, 0.25) is 0 Å². The van der Waals surface area contributed by atoms with E-state index < -0.39 is 101 Å². The van der Waals surface area contributed by atoms with Crippen LogP contribution in [-0.4, -0.2) is 87.2 Å². The minimum Gasteiger partial charge on any atom is -0.480 e. The molecule has 7 aromatic rings. The Morgan fingerprint density at radius 3 is 1.24 bits per heavy atom. The summed E-state index contributed by atoms with van der Waals surface area (Å²) in [7, 11) is 0. The number of carboxylic acid groups (broad SMARTS) is 1. The minimum atomic E-state index is -4.42. The number of carboxylic acids is 1. The molecule has 0 bridgehead atoms. The van der Waals surface area contributed by atoms with Crippen LogP contribution in [0.1, 0.15) is 145 Å². The Labute approximate surface area is 552 Å². The summed E-state index contributed by atoms with van der Waals surface area (Å²) in [6.07, 6.45) is -14.2.